The van der Waals surface area contributed by atoms with Crippen LogP contribution >= 0.6 is 0 Å². The number of ether oxygens (including phenoxy) is 1. The molecule has 2 fully saturated rings. The summed E-state index contributed by atoms with van der Waals surface area (Å²) in [5.74, 6) is 0.988. The predicted octanol–water partition coefficient (Wildman–Crippen LogP) is 1.54. The minimum atomic E-state index is -3.18. The Morgan fingerprint density at radius 3 is 2.70 bits per heavy atom. The van der Waals surface area contributed by atoms with Gasteiger partial charge in [-0.3, -0.25) is 4.90 Å². The van der Waals surface area contributed by atoms with Gasteiger partial charge in [-0.1, -0.05) is 0 Å². The molecule has 1 atom stereocenters. The van der Waals surface area contributed by atoms with E-state index in [1.807, 2.05) is 12.1 Å². The zero-order valence-corrected chi connectivity index (χ0v) is 14.7. The standard InChI is InChI=1S/C16H26N2O4S/c1-21-12-14-10-16(13-18(14)23(2,19)20)5-7-17(8-6-16)11-15-4-3-9-22-15/h3-4,9,14H,5-8,10-13H2,1-2H3. The summed E-state index contributed by atoms with van der Waals surface area (Å²) in [5.41, 5.74) is 0.103. The van der Waals surface area contributed by atoms with Crippen molar-refractivity contribution in [3.05, 3.63) is 24.2 Å². The lowest BCUT2D eigenvalue weighted by atomic mass is 9.76. The van der Waals surface area contributed by atoms with Crippen LogP contribution in [0.3, 0.4) is 0 Å². The highest BCUT2D eigenvalue weighted by Crippen LogP contribution is 2.44. The fourth-order valence-electron chi connectivity index (χ4n) is 4.02. The van der Waals surface area contributed by atoms with Crippen LogP contribution in [0.2, 0.25) is 0 Å². The lowest BCUT2D eigenvalue weighted by molar-refractivity contribution is 0.100. The number of likely N-dealkylation sites (tertiary alicyclic amines) is 1. The molecule has 2 saturated heterocycles. The van der Waals surface area contributed by atoms with E-state index in [0.29, 0.717) is 13.2 Å². The number of hydrogen-bond acceptors (Lipinski definition) is 5. The lowest BCUT2D eigenvalue weighted by Crippen LogP contribution is -2.42. The third-order valence-corrected chi connectivity index (χ3v) is 6.51. The summed E-state index contributed by atoms with van der Waals surface area (Å²) < 4.78 is 36.5. The van der Waals surface area contributed by atoms with Gasteiger partial charge in [0.25, 0.3) is 0 Å². The quantitative estimate of drug-likeness (QED) is 0.812. The van der Waals surface area contributed by atoms with E-state index in [2.05, 4.69) is 4.90 Å². The van der Waals surface area contributed by atoms with E-state index in [0.717, 1.165) is 44.7 Å². The number of rotatable bonds is 5. The van der Waals surface area contributed by atoms with E-state index < -0.39 is 10.0 Å². The maximum Gasteiger partial charge on any atom is 0.211 e. The molecule has 7 heteroatoms. The Kier molecular flexibility index (Phi) is 4.83. The molecule has 0 aromatic carbocycles. The third kappa shape index (κ3) is 3.79. The van der Waals surface area contributed by atoms with Crippen LogP contribution < -0.4 is 0 Å². The summed E-state index contributed by atoms with van der Waals surface area (Å²) in [5, 5.41) is 0. The van der Waals surface area contributed by atoms with Gasteiger partial charge < -0.3 is 9.15 Å². The molecule has 1 aromatic heterocycles. The van der Waals surface area contributed by atoms with Gasteiger partial charge in [-0.25, -0.2) is 8.42 Å². The van der Waals surface area contributed by atoms with E-state index in [9.17, 15) is 8.42 Å². The summed E-state index contributed by atoms with van der Waals surface area (Å²) >= 11 is 0. The van der Waals surface area contributed by atoms with Crippen molar-refractivity contribution >= 4 is 10.0 Å². The minimum absolute atomic E-state index is 0.0216. The Morgan fingerprint density at radius 2 is 2.13 bits per heavy atom. The second-order valence-corrected chi connectivity index (χ2v) is 8.91. The fourth-order valence-corrected chi connectivity index (χ4v) is 5.20. The number of piperidine rings is 1. The Labute approximate surface area is 138 Å². The molecule has 3 heterocycles. The van der Waals surface area contributed by atoms with E-state index in [1.54, 1.807) is 17.7 Å². The summed E-state index contributed by atoms with van der Waals surface area (Å²) in [6.45, 7) is 3.91. The average molecular weight is 342 g/mol. The minimum Gasteiger partial charge on any atom is -0.468 e. The molecule has 1 spiro atoms. The number of nitrogens with zero attached hydrogens (tertiary/aromatic N) is 2. The van der Waals surface area contributed by atoms with Gasteiger partial charge in [0, 0.05) is 19.7 Å². The molecule has 0 bridgehead atoms. The van der Waals surface area contributed by atoms with Crippen LogP contribution in [0.1, 0.15) is 25.0 Å². The lowest BCUT2D eigenvalue weighted by Gasteiger charge is -2.39. The molecule has 0 N–H and O–H groups in total. The zero-order valence-electron chi connectivity index (χ0n) is 13.9. The molecule has 130 valence electrons. The van der Waals surface area contributed by atoms with Crippen LogP contribution in [0.5, 0.6) is 0 Å². The first-order valence-corrected chi connectivity index (χ1v) is 9.97. The van der Waals surface area contributed by atoms with Crippen LogP contribution in [0.15, 0.2) is 22.8 Å². The van der Waals surface area contributed by atoms with Gasteiger partial charge in [-0.15, -0.1) is 0 Å². The van der Waals surface area contributed by atoms with E-state index in [1.165, 1.54) is 6.26 Å². The topological polar surface area (TPSA) is 63.0 Å². The van der Waals surface area contributed by atoms with Gasteiger partial charge >= 0.3 is 0 Å². The molecule has 1 unspecified atom stereocenters. The summed E-state index contributed by atoms with van der Waals surface area (Å²) in [6.07, 6.45) is 5.97. The Bertz CT molecular complexity index is 606. The Hall–Kier alpha value is -0.890. The highest BCUT2D eigenvalue weighted by atomic mass is 32.2. The molecule has 2 aliphatic heterocycles. The van der Waals surface area contributed by atoms with Crippen molar-refractivity contribution in [3.63, 3.8) is 0 Å². The molecular weight excluding hydrogens is 316 g/mol. The average Bonchev–Trinajstić information content (AvgIpc) is 3.10. The molecule has 0 radical (unpaired) electrons. The van der Waals surface area contributed by atoms with Crippen molar-refractivity contribution in [3.8, 4) is 0 Å². The van der Waals surface area contributed by atoms with Crippen molar-refractivity contribution < 1.29 is 17.6 Å². The highest BCUT2D eigenvalue weighted by Gasteiger charge is 2.48. The monoisotopic (exact) mass is 342 g/mol. The summed E-state index contributed by atoms with van der Waals surface area (Å²) in [7, 11) is -1.54. The molecule has 6 nitrogen and oxygen atoms in total. The van der Waals surface area contributed by atoms with Crippen molar-refractivity contribution in [2.75, 3.05) is 39.6 Å². The number of furan rings is 1. The van der Waals surface area contributed by atoms with Gasteiger partial charge in [0.1, 0.15) is 5.76 Å². The smallest absolute Gasteiger partial charge is 0.211 e. The number of hydrogen-bond donors (Lipinski definition) is 0. The molecule has 0 saturated carbocycles. The van der Waals surface area contributed by atoms with Crippen molar-refractivity contribution in [2.45, 2.75) is 31.8 Å². The van der Waals surface area contributed by atoms with E-state index in [4.69, 9.17) is 9.15 Å². The molecular formula is C16H26N2O4S. The van der Waals surface area contributed by atoms with Gasteiger partial charge in [-0.05, 0) is 49.9 Å². The Balaban J connectivity index is 1.63. The largest absolute Gasteiger partial charge is 0.468 e. The second-order valence-electron chi connectivity index (χ2n) is 6.98. The molecule has 2 aliphatic rings. The second kappa shape index (κ2) is 6.55. The first-order chi connectivity index (χ1) is 10.9. The Morgan fingerprint density at radius 1 is 1.39 bits per heavy atom. The molecule has 0 amide bonds. The predicted molar refractivity (Wildman–Crippen MR) is 87.5 cm³/mol. The normalized spacial score (nSPS) is 26.1. The highest BCUT2D eigenvalue weighted by molar-refractivity contribution is 7.88. The van der Waals surface area contributed by atoms with Crippen LogP contribution in [0.4, 0.5) is 0 Å². The summed E-state index contributed by atoms with van der Waals surface area (Å²) in [4.78, 5) is 2.39. The van der Waals surface area contributed by atoms with Crippen LogP contribution in [-0.2, 0) is 21.3 Å². The first kappa shape index (κ1) is 17.0. The van der Waals surface area contributed by atoms with Gasteiger partial charge in [0.15, 0.2) is 0 Å². The van der Waals surface area contributed by atoms with Crippen LogP contribution in [-0.4, -0.2) is 63.3 Å². The van der Waals surface area contributed by atoms with Gasteiger partial charge in [0.2, 0.25) is 10.0 Å². The molecule has 0 aliphatic carbocycles. The fraction of sp³-hybridized carbons (Fsp3) is 0.750. The SMILES string of the molecule is COCC1CC2(CCN(Cc3ccco3)CC2)CN1S(C)(=O)=O. The van der Waals surface area contributed by atoms with Crippen molar-refractivity contribution in [2.24, 2.45) is 5.41 Å². The summed E-state index contributed by atoms with van der Waals surface area (Å²) in [6, 6.07) is 3.89. The van der Waals surface area contributed by atoms with Gasteiger partial charge in [0.05, 0.1) is 25.7 Å². The number of methoxy groups -OCH3 is 1. The van der Waals surface area contributed by atoms with E-state index >= 15 is 0 Å². The molecule has 3 rings (SSSR count). The number of sulfonamides is 1. The van der Waals surface area contributed by atoms with Crippen molar-refractivity contribution in [1.82, 2.24) is 9.21 Å². The van der Waals surface area contributed by atoms with Crippen LogP contribution in [0, 0.1) is 5.41 Å². The van der Waals surface area contributed by atoms with Crippen LogP contribution in [0.25, 0.3) is 0 Å². The first-order valence-electron chi connectivity index (χ1n) is 8.12. The van der Waals surface area contributed by atoms with E-state index in [-0.39, 0.29) is 11.5 Å². The van der Waals surface area contributed by atoms with Crippen molar-refractivity contribution in [1.29, 1.82) is 0 Å². The third-order valence-electron chi connectivity index (χ3n) is 5.23. The molecule has 23 heavy (non-hydrogen) atoms. The zero-order chi connectivity index (χ0) is 16.5. The maximum atomic E-state index is 12.1. The maximum absolute atomic E-state index is 12.1. The van der Waals surface area contributed by atoms with Gasteiger partial charge in [-0.2, -0.15) is 4.31 Å². The molecule has 1 aromatic rings.